The Balaban J connectivity index is -0.000000320. The molecule has 50 valence electrons. The molecule has 0 heterocycles. The smallest absolute Gasteiger partial charge is 0.550 e. The van der Waals surface area contributed by atoms with E-state index in [1.807, 2.05) is 0 Å². The Morgan fingerprint density at radius 1 is 1.18 bits per heavy atom. The molecule has 0 saturated heterocycles. The third-order valence-electron chi connectivity index (χ3n) is 0.538. The molecule has 0 aromatic carbocycles. The van der Waals surface area contributed by atoms with E-state index in [0.29, 0.717) is 6.08 Å². The zero-order valence-corrected chi connectivity index (χ0v) is 10.5. The summed E-state index contributed by atoms with van der Waals surface area (Å²) in [5, 5.41) is 19.2. The minimum absolute atomic E-state index is 0. The van der Waals surface area contributed by atoms with E-state index in [1.54, 1.807) is 0 Å². The third kappa shape index (κ3) is 18.0. The Bertz CT molecular complexity index is 155. The molecule has 0 rings (SSSR count). The molecule has 0 radical (unpaired) electrons. The maximum Gasteiger partial charge on any atom is 1.00 e. The molecule has 0 aliphatic carbocycles. The standard InChI is InChI=1S/C5H6O4.2Na/c6-4(7)2-1-3-5(8)9;;/h1-2H,3H2,(H,6,7)(H,8,9);;/q;2*+1/p-2/b2-1+;;. The van der Waals surface area contributed by atoms with Crippen LogP contribution in [0.4, 0.5) is 0 Å². The minimum Gasteiger partial charge on any atom is -0.550 e. The first-order chi connectivity index (χ1) is 4.13. The van der Waals surface area contributed by atoms with Crippen molar-refractivity contribution in [3.63, 3.8) is 0 Å². The van der Waals surface area contributed by atoms with Crippen LogP contribution in [-0.2, 0) is 9.59 Å². The summed E-state index contributed by atoms with van der Waals surface area (Å²) < 4.78 is 0. The van der Waals surface area contributed by atoms with Gasteiger partial charge in [-0.3, -0.25) is 0 Å². The van der Waals surface area contributed by atoms with Gasteiger partial charge in [-0.1, -0.05) is 6.08 Å². The van der Waals surface area contributed by atoms with E-state index in [-0.39, 0.29) is 59.1 Å². The number of hydrogen-bond donors (Lipinski definition) is 0. The molecule has 0 N–H and O–H groups in total. The zero-order chi connectivity index (χ0) is 7.28. The molecule has 0 amide bonds. The molecule has 0 aliphatic rings. The maximum absolute atomic E-state index is 9.61. The molecule has 0 bridgehead atoms. The number of aliphatic carboxylic acids is 2. The van der Waals surface area contributed by atoms with Gasteiger partial charge in [-0.25, -0.2) is 0 Å². The summed E-state index contributed by atoms with van der Waals surface area (Å²) in [4.78, 5) is 19.2. The van der Waals surface area contributed by atoms with Crippen LogP contribution in [0.15, 0.2) is 12.2 Å². The number of carbonyl (C=O) groups is 2. The summed E-state index contributed by atoms with van der Waals surface area (Å²) in [7, 11) is 0. The molecule has 0 spiro atoms. The van der Waals surface area contributed by atoms with Crippen molar-refractivity contribution in [1.82, 2.24) is 0 Å². The SMILES string of the molecule is O=C([O-])/C=C/CC(=O)[O-].[Na+].[Na+]. The van der Waals surface area contributed by atoms with Crippen molar-refractivity contribution in [1.29, 1.82) is 0 Å². The molecule has 11 heavy (non-hydrogen) atoms. The largest absolute Gasteiger partial charge is 1.00 e. The first kappa shape index (κ1) is 17.7. The Morgan fingerprint density at radius 3 is 1.91 bits per heavy atom. The quantitative estimate of drug-likeness (QED) is 0.314. The van der Waals surface area contributed by atoms with E-state index in [1.165, 1.54) is 0 Å². The summed E-state index contributed by atoms with van der Waals surface area (Å²) in [6.45, 7) is 0. The fourth-order valence-corrected chi connectivity index (χ4v) is 0.251. The Kier molecular flexibility index (Phi) is 17.2. The Morgan fingerprint density at radius 2 is 1.64 bits per heavy atom. The molecule has 4 nitrogen and oxygen atoms in total. The monoisotopic (exact) mass is 174 g/mol. The van der Waals surface area contributed by atoms with E-state index in [0.717, 1.165) is 6.08 Å². The van der Waals surface area contributed by atoms with Crippen LogP contribution in [0.2, 0.25) is 0 Å². The molecule has 6 heteroatoms. The molecular weight excluding hydrogens is 170 g/mol. The van der Waals surface area contributed by atoms with Gasteiger partial charge in [0.2, 0.25) is 0 Å². The van der Waals surface area contributed by atoms with E-state index in [9.17, 15) is 19.8 Å². The van der Waals surface area contributed by atoms with Crippen molar-refractivity contribution in [2.75, 3.05) is 0 Å². The van der Waals surface area contributed by atoms with Crippen molar-refractivity contribution < 1.29 is 78.9 Å². The van der Waals surface area contributed by atoms with Crippen molar-refractivity contribution in [2.45, 2.75) is 6.42 Å². The summed E-state index contributed by atoms with van der Waals surface area (Å²) in [6.07, 6.45) is 1.20. The number of rotatable bonds is 3. The fourth-order valence-electron chi connectivity index (χ4n) is 0.251. The predicted molar refractivity (Wildman–Crippen MR) is 23.8 cm³/mol. The first-order valence-corrected chi connectivity index (χ1v) is 2.20. The number of carboxylic acid groups (broad SMARTS) is 2. The van der Waals surface area contributed by atoms with Crippen LogP contribution >= 0.6 is 0 Å². The average Bonchev–Trinajstić information content (AvgIpc) is 1.63. The van der Waals surface area contributed by atoms with Gasteiger partial charge in [0.25, 0.3) is 0 Å². The zero-order valence-electron chi connectivity index (χ0n) is 6.49. The maximum atomic E-state index is 9.61. The Labute approximate surface area is 108 Å². The van der Waals surface area contributed by atoms with Gasteiger partial charge in [-0.15, -0.1) is 0 Å². The fraction of sp³-hybridized carbons (Fsp3) is 0.200. The predicted octanol–water partition coefficient (Wildman–Crippen LogP) is -8.56. The van der Waals surface area contributed by atoms with Gasteiger partial charge in [-0.2, -0.15) is 0 Å². The topological polar surface area (TPSA) is 80.3 Å². The molecule has 0 aromatic rings. The average molecular weight is 174 g/mol. The number of hydrogen-bond acceptors (Lipinski definition) is 4. The van der Waals surface area contributed by atoms with E-state index >= 15 is 0 Å². The van der Waals surface area contributed by atoms with Gasteiger partial charge >= 0.3 is 59.1 Å². The third-order valence-corrected chi connectivity index (χ3v) is 0.538. The van der Waals surface area contributed by atoms with Crippen LogP contribution in [0.25, 0.3) is 0 Å². The van der Waals surface area contributed by atoms with Crippen molar-refractivity contribution in [3.8, 4) is 0 Å². The van der Waals surface area contributed by atoms with Gasteiger partial charge in [0, 0.05) is 12.4 Å². The second kappa shape index (κ2) is 10.7. The van der Waals surface area contributed by atoms with Gasteiger partial charge in [0.15, 0.2) is 0 Å². The molecule has 0 aliphatic heterocycles. The van der Waals surface area contributed by atoms with Gasteiger partial charge in [0.05, 0.1) is 5.97 Å². The van der Waals surface area contributed by atoms with Crippen LogP contribution in [0.5, 0.6) is 0 Å². The molecular formula is C5H4Na2O4. The summed E-state index contributed by atoms with van der Waals surface area (Å²) in [6, 6.07) is 0. The number of carbonyl (C=O) groups excluding carboxylic acids is 2. The van der Waals surface area contributed by atoms with Crippen molar-refractivity contribution in [2.24, 2.45) is 0 Å². The Hall–Kier alpha value is 0.680. The van der Waals surface area contributed by atoms with Crippen LogP contribution in [0.3, 0.4) is 0 Å². The van der Waals surface area contributed by atoms with E-state index < -0.39 is 18.4 Å². The van der Waals surface area contributed by atoms with E-state index in [4.69, 9.17) is 0 Å². The first-order valence-electron chi connectivity index (χ1n) is 2.20. The summed E-state index contributed by atoms with van der Waals surface area (Å²) in [5.74, 6) is -2.72. The van der Waals surface area contributed by atoms with Crippen molar-refractivity contribution >= 4 is 11.9 Å². The summed E-state index contributed by atoms with van der Waals surface area (Å²) >= 11 is 0. The molecule has 0 unspecified atom stereocenters. The molecule has 0 saturated carbocycles. The normalized spacial score (nSPS) is 8.00. The van der Waals surface area contributed by atoms with Crippen LogP contribution < -0.4 is 69.3 Å². The minimum atomic E-state index is -1.41. The van der Waals surface area contributed by atoms with Crippen LogP contribution in [0.1, 0.15) is 6.42 Å². The van der Waals surface area contributed by atoms with Gasteiger partial charge in [0.1, 0.15) is 0 Å². The second-order valence-electron chi connectivity index (χ2n) is 1.30. The number of carboxylic acids is 2. The van der Waals surface area contributed by atoms with E-state index in [2.05, 4.69) is 0 Å². The summed E-state index contributed by atoms with van der Waals surface area (Å²) in [5.41, 5.74) is 0. The van der Waals surface area contributed by atoms with Gasteiger partial charge in [-0.05, 0) is 6.08 Å². The molecule has 0 aromatic heterocycles. The van der Waals surface area contributed by atoms with Gasteiger partial charge < -0.3 is 19.8 Å². The molecule has 0 atom stereocenters. The van der Waals surface area contributed by atoms with Crippen molar-refractivity contribution in [3.05, 3.63) is 12.2 Å². The molecule has 0 fully saturated rings. The van der Waals surface area contributed by atoms with Crippen LogP contribution in [-0.4, -0.2) is 11.9 Å². The second-order valence-corrected chi connectivity index (χ2v) is 1.30. The van der Waals surface area contributed by atoms with Crippen LogP contribution in [0, 0.1) is 0 Å².